The molecule has 5 heteroatoms. The van der Waals surface area contributed by atoms with Crippen molar-refractivity contribution in [1.82, 2.24) is 9.88 Å². The number of fused-ring (bicyclic) bond motifs is 3. The number of ether oxygens (including phenoxy) is 1. The van der Waals surface area contributed by atoms with Crippen molar-refractivity contribution in [3.05, 3.63) is 33.9 Å². The first-order chi connectivity index (χ1) is 11.3. The number of hydrogen-bond acceptors (Lipinski definition) is 3. The SMILES string of the molecule is Brc1ccc2[nH]c3c(c2c1)CCC/C3=N\CCN1CCOCC1. The van der Waals surface area contributed by atoms with Gasteiger partial charge in [-0.1, -0.05) is 15.9 Å². The van der Waals surface area contributed by atoms with E-state index in [1.54, 1.807) is 0 Å². The minimum atomic E-state index is 0.859. The fourth-order valence-corrected chi connectivity index (χ4v) is 3.95. The average molecular weight is 376 g/mol. The zero-order valence-electron chi connectivity index (χ0n) is 13.3. The van der Waals surface area contributed by atoms with Gasteiger partial charge in [-0.2, -0.15) is 0 Å². The molecule has 0 spiro atoms. The number of nitrogens with zero attached hydrogens (tertiary/aromatic N) is 2. The minimum absolute atomic E-state index is 0.859. The maximum absolute atomic E-state index is 5.40. The van der Waals surface area contributed by atoms with Crippen molar-refractivity contribution in [1.29, 1.82) is 0 Å². The zero-order chi connectivity index (χ0) is 15.6. The number of morpholine rings is 1. The van der Waals surface area contributed by atoms with Gasteiger partial charge in [-0.25, -0.2) is 0 Å². The quantitative estimate of drug-likeness (QED) is 0.892. The molecule has 122 valence electrons. The standard InChI is InChI=1S/C18H22BrN3O/c19-13-4-5-16-15(12-13)14-2-1-3-17(18(14)21-16)20-6-7-22-8-10-23-11-9-22/h4-5,12,21H,1-3,6-11H2/b20-17+. The van der Waals surface area contributed by atoms with Crippen molar-refractivity contribution < 1.29 is 4.74 Å². The fourth-order valence-electron chi connectivity index (χ4n) is 3.59. The van der Waals surface area contributed by atoms with Crippen LogP contribution in [0.15, 0.2) is 27.7 Å². The number of H-pyrrole nitrogens is 1. The topological polar surface area (TPSA) is 40.6 Å². The lowest BCUT2D eigenvalue weighted by Crippen LogP contribution is -2.37. The number of aromatic amines is 1. The van der Waals surface area contributed by atoms with E-state index in [1.807, 2.05) is 0 Å². The van der Waals surface area contributed by atoms with E-state index in [2.05, 4.69) is 44.0 Å². The second kappa shape index (κ2) is 6.75. The van der Waals surface area contributed by atoms with Gasteiger partial charge in [-0.05, 0) is 43.0 Å². The minimum Gasteiger partial charge on any atom is -0.379 e. The van der Waals surface area contributed by atoms with Crippen LogP contribution in [0, 0.1) is 0 Å². The highest BCUT2D eigenvalue weighted by Crippen LogP contribution is 2.31. The zero-order valence-corrected chi connectivity index (χ0v) is 14.9. The molecule has 4 nitrogen and oxygen atoms in total. The second-order valence-electron chi connectivity index (χ2n) is 6.30. The highest BCUT2D eigenvalue weighted by Gasteiger charge is 2.20. The van der Waals surface area contributed by atoms with Crippen molar-refractivity contribution >= 4 is 32.5 Å². The number of nitrogens with one attached hydrogen (secondary N) is 1. The summed E-state index contributed by atoms with van der Waals surface area (Å²) in [5.41, 5.74) is 5.19. The maximum atomic E-state index is 5.40. The number of hydrogen-bond donors (Lipinski definition) is 1. The number of aliphatic imine (C=N–C) groups is 1. The van der Waals surface area contributed by atoms with Crippen molar-refractivity contribution in [3.63, 3.8) is 0 Å². The summed E-state index contributed by atoms with van der Waals surface area (Å²) >= 11 is 3.59. The van der Waals surface area contributed by atoms with Crippen LogP contribution in [0.5, 0.6) is 0 Å². The van der Waals surface area contributed by atoms with Crippen molar-refractivity contribution in [3.8, 4) is 0 Å². The van der Waals surface area contributed by atoms with Crippen LogP contribution in [0.25, 0.3) is 10.9 Å². The van der Waals surface area contributed by atoms with Gasteiger partial charge in [0.25, 0.3) is 0 Å². The van der Waals surface area contributed by atoms with Gasteiger partial charge in [0.05, 0.1) is 31.2 Å². The smallest absolute Gasteiger partial charge is 0.0637 e. The number of aromatic nitrogens is 1. The molecule has 1 saturated heterocycles. The Morgan fingerprint density at radius 3 is 2.96 bits per heavy atom. The van der Waals surface area contributed by atoms with E-state index in [4.69, 9.17) is 9.73 Å². The molecule has 23 heavy (non-hydrogen) atoms. The van der Waals surface area contributed by atoms with E-state index in [1.165, 1.54) is 34.3 Å². The Labute approximate surface area is 145 Å². The van der Waals surface area contributed by atoms with Gasteiger partial charge in [-0.3, -0.25) is 9.89 Å². The molecular weight excluding hydrogens is 354 g/mol. The second-order valence-corrected chi connectivity index (χ2v) is 7.22. The summed E-state index contributed by atoms with van der Waals surface area (Å²) in [6, 6.07) is 6.48. The van der Waals surface area contributed by atoms with Crippen LogP contribution < -0.4 is 0 Å². The Kier molecular flexibility index (Phi) is 4.51. The lowest BCUT2D eigenvalue weighted by atomic mass is 9.94. The summed E-state index contributed by atoms with van der Waals surface area (Å²) in [6.45, 7) is 5.71. The molecule has 0 unspecified atom stereocenters. The van der Waals surface area contributed by atoms with E-state index in [0.29, 0.717) is 0 Å². The first-order valence-corrected chi connectivity index (χ1v) is 9.24. The number of benzene rings is 1. The molecule has 1 aromatic heterocycles. The molecule has 4 rings (SSSR count). The molecule has 1 N–H and O–H groups in total. The Hall–Kier alpha value is -1.17. The number of halogens is 1. The maximum Gasteiger partial charge on any atom is 0.0637 e. The van der Waals surface area contributed by atoms with Crippen LogP contribution >= 0.6 is 15.9 Å². The molecule has 0 radical (unpaired) electrons. The molecule has 2 aromatic rings. The lowest BCUT2D eigenvalue weighted by molar-refractivity contribution is 0.0394. The van der Waals surface area contributed by atoms with Crippen LogP contribution in [0.3, 0.4) is 0 Å². The summed E-state index contributed by atoms with van der Waals surface area (Å²) in [6.07, 6.45) is 3.43. The van der Waals surface area contributed by atoms with E-state index >= 15 is 0 Å². The molecule has 0 bridgehead atoms. The van der Waals surface area contributed by atoms with E-state index in [-0.39, 0.29) is 0 Å². The predicted octanol–water partition coefficient (Wildman–Crippen LogP) is 3.39. The third kappa shape index (κ3) is 3.23. The Bertz CT molecular complexity index is 731. The summed E-state index contributed by atoms with van der Waals surface area (Å²) in [7, 11) is 0. The van der Waals surface area contributed by atoms with Crippen LogP contribution in [0.2, 0.25) is 0 Å². The Balaban J connectivity index is 1.55. The Morgan fingerprint density at radius 1 is 1.22 bits per heavy atom. The molecule has 1 fully saturated rings. The van der Waals surface area contributed by atoms with Gasteiger partial charge in [0.2, 0.25) is 0 Å². The monoisotopic (exact) mass is 375 g/mol. The molecule has 1 aliphatic carbocycles. The van der Waals surface area contributed by atoms with Crippen molar-refractivity contribution in [2.24, 2.45) is 4.99 Å². The molecule has 1 aromatic carbocycles. The first-order valence-electron chi connectivity index (χ1n) is 8.45. The molecule has 2 heterocycles. The summed E-state index contributed by atoms with van der Waals surface area (Å²) < 4.78 is 6.54. The van der Waals surface area contributed by atoms with Crippen LogP contribution in [0.4, 0.5) is 0 Å². The number of aryl methyl sites for hydroxylation is 1. The molecular formula is C18H22BrN3O. The molecule has 2 aliphatic rings. The fraction of sp³-hybridized carbons (Fsp3) is 0.500. The number of rotatable bonds is 3. The third-order valence-electron chi connectivity index (χ3n) is 4.82. The van der Waals surface area contributed by atoms with E-state index < -0.39 is 0 Å². The van der Waals surface area contributed by atoms with Crippen molar-refractivity contribution in [2.75, 3.05) is 39.4 Å². The molecule has 0 amide bonds. The Morgan fingerprint density at radius 2 is 2.09 bits per heavy atom. The van der Waals surface area contributed by atoms with Gasteiger partial charge in [0, 0.05) is 35.0 Å². The summed E-state index contributed by atoms with van der Waals surface area (Å²) in [5.74, 6) is 0. The summed E-state index contributed by atoms with van der Waals surface area (Å²) in [5, 5.41) is 1.34. The molecule has 0 atom stereocenters. The van der Waals surface area contributed by atoms with Crippen LogP contribution in [-0.2, 0) is 11.2 Å². The van der Waals surface area contributed by atoms with Gasteiger partial charge in [0.15, 0.2) is 0 Å². The lowest BCUT2D eigenvalue weighted by Gasteiger charge is -2.26. The average Bonchev–Trinajstić information content (AvgIpc) is 2.95. The highest BCUT2D eigenvalue weighted by molar-refractivity contribution is 9.10. The largest absolute Gasteiger partial charge is 0.379 e. The van der Waals surface area contributed by atoms with E-state index in [0.717, 1.165) is 56.7 Å². The first kappa shape index (κ1) is 15.4. The van der Waals surface area contributed by atoms with Gasteiger partial charge < -0.3 is 9.72 Å². The third-order valence-corrected chi connectivity index (χ3v) is 5.31. The van der Waals surface area contributed by atoms with Crippen molar-refractivity contribution in [2.45, 2.75) is 19.3 Å². The van der Waals surface area contributed by atoms with Crippen LogP contribution in [-0.4, -0.2) is 55.0 Å². The predicted molar refractivity (Wildman–Crippen MR) is 97.6 cm³/mol. The highest BCUT2D eigenvalue weighted by atomic mass is 79.9. The molecule has 0 saturated carbocycles. The van der Waals surface area contributed by atoms with Gasteiger partial charge in [0.1, 0.15) is 0 Å². The normalized spacial score (nSPS) is 21.0. The summed E-state index contributed by atoms with van der Waals surface area (Å²) in [4.78, 5) is 11.0. The van der Waals surface area contributed by atoms with Crippen LogP contribution in [0.1, 0.15) is 24.1 Å². The molecule has 1 aliphatic heterocycles. The van der Waals surface area contributed by atoms with E-state index in [9.17, 15) is 0 Å². The van der Waals surface area contributed by atoms with Gasteiger partial charge >= 0.3 is 0 Å². The van der Waals surface area contributed by atoms with Gasteiger partial charge in [-0.15, -0.1) is 0 Å².